The highest BCUT2D eigenvalue weighted by atomic mass is 31.2. The van der Waals surface area contributed by atoms with Crippen LogP contribution in [-0.4, -0.2) is 49.3 Å². The Labute approximate surface area is 349 Å². The van der Waals surface area contributed by atoms with E-state index in [-0.39, 0.29) is 38.6 Å². The van der Waals surface area contributed by atoms with Crippen LogP contribution in [0.1, 0.15) is 206 Å². The van der Waals surface area contributed by atoms with Crippen molar-refractivity contribution in [3.8, 4) is 0 Å². The maximum atomic E-state index is 12.6. The van der Waals surface area contributed by atoms with Gasteiger partial charge in [0.25, 0.3) is 0 Å². The highest BCUT2D eigenvalue weighted by molar-refractivity contribution is 7.47. The lowest BCUT2D eigenvalue weighted by molar-refractivity contribution is -0.161. The summed E-state index contributed by atoms with van der Waals surface area (Å²) in [5.74, 6) is -0.847. The Balaban J connectivity index is 4.09. The van der Waals surface area contributed by atoms with E-state index in [0.29, 0.717) is 6.42 Å². The van der Waals surface area contributed by atoms with Gasteiger partial charge in [0.1, 0.15) is 6.61 Å². The zero-order valence-corrected chi connectivity index (χ0v) is 37.5. The van der Waals surface area contributed by atoms with E-state index in [4.69, 9.17) is 24.3 Å². The van der Waals surface area contributed by atoms with Gasteiger partial charge < -0.3 is 20.1 Å². The first kappa shape index (κ1) is 55.0. The minimum absolute atomic E-state index is 0.0491. The maximum Gasteiger partial charge on any atom is 0.472 e. The van der Waals surface area contributed by atoms with Crippen LogP contribution in [0.5, 0.6) is 0 Å². The van der Waals surface area contributed by atoms with Gasteiger partial charge >= 0.3 is 19.8 Å². The van der Waals surface area contributed by atoms with Gasteiger partial charge in [0.2, 0.25) is 0 Å². The van der Waals surface area contributed by atoms with Crippen molar-refractivity contribution >= 4 is 19.8 Å². The minimum atomic E-state index is -4.38. The Morgan fingerprint density at radius 2 is 0.965 bits per heavy atom. The van der Waals surface area contributed by atoms with Gasteiger partial charge in [-0.1, -0.05) is 172 Å². The average molecular weight is 824 g/mol. The first-order chi connectivity index (χ1) is 27.8. The van der Waals surface area contributed by atoms with Gasteiger partial charge in [-0.2, -0.15) is 0 Å². The molecule has 0 aliphatic carbocycles. The van der Waals surface area contributed by atoms with E-state index in [2.05, 4.69) is 62.5 Å². The molecule has 0 bridgehead atoms. The number of esters is 2. The first-order valence-corrected chi connectivity index (χ1v) is 24.6. The van der Waals surface area contributed by atoms with Crippen molar-refractivity contribution in [2.45, 2.75) is 213 Å². The number of hydrogen-bond acceptors (Lipinski definition) is 8. The Morgan fingerprint density at radius 1 is 0.544 bits per heavy atom. The third-order valence-electron chi connectivity index (χ3n) is 9.70. The molecule has 0 spiro atoms. The van der Waals surface area contributed by atoms with Crippen molar-refractivity contribution in [1.82, 2.24) is 0 Å². The smallest absolute Gasteiger partial charge is 0.462 e. The van der Waals surface area contributed by atoms with E-state index >= 15 is 0 Å². The van der Waals surface area contributed by atoms with E-state index < -0.39 is 26.5 Å². The molecule has 3 N–H and O–H groups in total. The van der Waals surface area contributed by atoms with Crippen LogP contribution < -0.4 is 5.73 Å². The zero-order chi connectivity index (χ0) is 41.8. The number of phosphoric ester groups is 1. The molecule has 57 heavy (non-hydrogen) atoms. The molecule has 0 amide bonds. The van der Waals surface area contributed by atoms with Crippen LogP contribution in [0.2, 0.25) is 0 Å². The number of carbonyl (C=O) groups excluding carboxylic acids is 2. The fraction of sp³-hybridized carbons (Fsp3) is 0.787. The van der Waals surface area contributed by atoms with Crippen LogP contribution in [0.4, 0.5) is 0 Å². The van der Waals surface area contributed by atoms with Crippen LogP contribution in [0.15, 0.2) is 48.6 Å². The van der Waals surface area contributed by atoms with E-state index in [1.54, 1.807) is 0 Å². The predicted molar refractivity (Wildman–Crippen MR) is 238 cm³/mol. The summed E-state index contributed by atoms with van der Waals surface area (Å²) in [6.07, 6.45) is 50.0. The lowest BCUT2D eigenvalue weighted by atomic mass is 10.0. The second kappa shape index (κ2) is 43.5. The van der Waals surface area contributed by atoms with Gasteiger partial charge in [0.15, 0.2) is 6.10 Å². The summed E-state index contributed by atoms with van der Waals surface area (Å²) in [7, 11) is -4.38. The fourth-order valence-electron chi connectivity index (χ4n) is 6.29. The molecule has 0 radical (unpaired) electrons. The molecule has 0 aromatic heterocycles. The number of nitrogens with two attached hydrogens (primary N) is 1. The van der Waals surface area contributed by atoms with E-state index in [0.717, 1.165) is 70.6 Å². The highest BCUT2D eigenvalue weighted by Gasteiger charge is 2.26. The third kappa shape index (κ3) is 43.4. The number of unbranched alkanes of at least 4 members (excludes halogenated alkanes) is 22. The lowest BCUT2D eigenvalue weighted by Gasteiger charge is -2.19. The average Bonchev–Trinajstić information content (AvgIpc) is 3.20. The van der Waals surface area contributed by atoms with E-state index in [1.165, 1.54) is 103 Å². The Morgan fingerprint density at radius 3 is 1.46 bits per heavy atom. The Kier molecular flexibility index (Phi) is 42.0. The van der Waals surface area contributed by atoms with Crippen LogP contribution in [0.25, 0.3) is 0 Å². The van der Waals surface area contributed by atoms with Gasteiger partial charge in [-0.3, -0.25) is 18.6 Å². The lowest BCUT2D eigenvalue weighted by Crippen LogP contribution is -2.29. The molecule has 0 aliphatic rings. The summed E-state index contributed by atoms with van der Waals surface area (Å²) >= 11 is 0. The normalized spacial score (nSPS) is 13.7. The molecule has 0 saturated heterocycles. The number of rotatable bonds is 43. The molecule has 332 valence electrons. The largest absolute Gasteiger partial charge is 0.472 e. The molecule has 2 unspecified atom stereocenters. The van der Waals surface area contributed by atoms with Gasteiger partial charge in [0.05, 0.1) is 13.2 Å². The molecular formula is C47H86NO8P. The molecule has 10 heteroatoms. The maximum absolute atomic E-state index is 12.6. The number of allylic oxidation sites excluding steroid dienone is 8. The van der Waals surface area contributed by atoms with Gasteiger partial charge in [0, 0.05) is 19.4 Å². The second-order valence-corrected chi connectivity index (χ2v) is 16.7. The summed E-state index contributed by atoms with van der Waals surface area (Å²) in [5, 5.41) is 0. The number of carbonyl (C=O) groups is 2. The number of phosphoric acid groups is 1. The van der Waals surface area contributed by atoms with Crippen LogP contribution in [0.3, 0.4) is 0 Å². The van der Waals surface area contributed by atoms with E-state index in [9.17, 15) is 19.0 Å². The van der Waals surface area contributed by atoms with Crippen molar-refractivity contribution in [2.75, 3.05) is 26.4 Å². The first-order valence-electron chi connectivity index (χ1n) is 23.1. The summed E-state index contributed by atoms with van der Waals surface area (Å²) < 4.78 is 32.8. The zero-order valence-electron chi connectivity index (χ0n) is 36.6. The topological polar surface area (TPSA) is 134 Å². The molecule has 0 rings (SSSR count). The van der Waals surface area contributed by atoms with Crippen LogP contribution >= 0.6 is 7.82 Å². The molecular weight excluding hydrogens is 737 g/mol. The predicted octanol–water partition coefficient (Wildman–Crippen LogP) is 13.5. The fourth-order valence-corrected chi connectivity index (χ4v) is 7.06. The van der Waals surface area contributed by atoms with Gasteiger partial charge in [-0.05, 0) is 70.6 Å². The van der Waals surface area contributed by atoms with Crippen molar-refractivity contribution < 1.29 is 37.6 Å². The van der Waals surface area contributed by atoms with Crippen molar-refractivity contribution in [3.63, 3.8) is 0 Å². The highest BCUT2D eigenvalue weighted by Crippen LogP contribution is 2.43. The molecule has 9 nitrogen and oxygen atoms in total. The molecule has 0 heterocycles. The summed E-state index contributed by atoms with van der Waals surface area (Å²) in [6, 6.07) is 0. The van der Waals surface area contributed by atoms with Crippen molar-refractivity contribution in [1.29, 1.82) is 0 Å². The number of hydrogen-bond donors (Lipinski definition) is 2. The summed E-state index contributed by atoms with van der Waals surface area (Å²) in [6.45, 7) is 3.61. The molecule has 0 aliphatic heterocycles. The molecule has 0 aromatic rings. The molecule has 0 aromatic carbocycles. The van der Waals surface area contributed by atoms with Crippen LogP contribution in [0, 0.1) is 0 Å². The Hall–Kier alpha value is -2.03. The number of ether oxygens (including phenoxy) is 2. The SMILES string of the molecule is CCC=CCC=CCC=CCCCCCCCC(=O)OC(COC(=O)CCCCCCCCCCCCCC=CCCCCCCCC)COP(=O)(O)OCCN. The van der Waals surface area contributed by atoms with Crippen LogP contribution in [-0.2, 0) is 32.7 Å². The van der Waals surface area contributed by atoms with Gasteiger partial charge in [-0.15, -0.1) is 0 Å². The monoisotopic (exact) mass is 824 g/mol. The molecule has 2 atom stereocenters. The summed E-state index contributed by atoms with van der Waals surface area (Å²) in [4.78, 5) is 34.9. The van der Waals surface area contributed by atoms with E-state index in [1.807, 2.05) is 0 Å². The third-order valence-corrected chi connectivity index (χ3v) is 10.7. The minimum Gasteiger partial charge on any atom is -0.462 e. The van der Waals surface area contributed by atoms with Gasteiger partial charge in [-0.25, -0.2) is 4.57 Å². The quantitative estimate of drug-likeness (QED) is 0.0267. The molecule has 0 fully saturated rings. The second-order valence-electron chi connectivity index (χ2n) is 15.2. The van der Waals surface area contributed by atoms with Crippen molar-refractivity contribution in [3.05, 3.63) is 48.6 Å². The Bertz CT molecular complexity index is 1080. The van der Waals surface area contributed by atoms with Crippen molar-refractivity contribution in [2.24, 2.45) is 5.73 Å². The molecule has 0 saturated carbocycles. The standard InChI is InChI=1S/C47H86NO8P/c1-3-5-7-9-11-13-15-17-19-20-21-22-23-24-26-27-29-31-33-35-37-39-46(49)53-43-45(44-55-57(51,52)54-42-41-48)56-47(50)40-38-36-34-32-30-28-25-18-16-14-12-10-8-6-4-2/h6,8,12,14,17-19,25,45H,3-5,7,9-11,13,15-16,20-24,26-44,48H2,1-2H3,(H,51,52). The summed E-state index contributed by atoms with van der Waals surface area (Å²) in [5.41, 5.74) is 5.35.